The minimum absolute atomic E-state index is 0.00553. The number of nitrogens with zero attached hydrogens (tertiary/aromatic N) is 1. The van der Waals surface area contributed by atoms with Gasteiger partial charge in [0.05, 0.1) is 0 Å². The van der Waals surface area contributed by atoms with Crippen LogP contribution in [0.15, 0.2) is 121 Å². The summed E-state index contributed by atoms with van der Waals surface area (Å²) in [5.41, 5.74) is 4.84. The molecular weight excluding hydrogens is 755 g/mol. The molecule has 4 atom stereocenters. The zero-order valence-electron chi connectivity index (χ0n) is 32.0. The van der Waals surface area contributed by atoms with Gasteiger partial charge >= 0.3 is 5.97 Å². The highest BCUT2D eigenvalue weighted by molar-refractivity contribution is 8.03. The highest BCUT2D eigenvalue weighted by Gasteiger charge is 2.33. The second-order valence-electron chi connectivity index (χ2n) is 14.5. The van der Waals surface area contributed by atoms with Gasteiger partial charge < -0.3 is 31.3 Å². The molecule has 4 aromatic carbocycles. The van der Waals surface area contributed by atoms with Crippen LogP contribution in [0.1, 0.15) is 47.9 Å². The van der Waals surface area contributed by atoms with E-state index in [1.54, 1.807) is 36.0 Å². The molecule has 0 saturated heterocycles. The third kappa shape index (κ3) is 12.1. The predicted molar refractivity (Wildman–Crippen MR) is 222 cm³/mol. The second kappa shape index (κ2) is 20.3. The summed E-state index contributed by atoms with van der Waals surface area (Å²) in [7, 11) is 0. The molecule has 2 bridgehead atoms. The van der Waals surface area contributed by atoms with Crippen molar-refractivity contribution in [2.45, 2.75) is 75.0 Å². The van der Waals surface area contributed by atoms with Crippen molar-refractivity contribution >= 4 is 47.3 Å². The van der Waals surface area contributed by atoms with Gasteiger partial charge in [-0.2, -0.15) is 0 Å². The summed E-state index contributed by atoms with van der Waals surface area (Å²) in [6, 6.07) is 30.1. The molecule has 300 valence electrons. The Morgan fingerprint density at radius 3 is 1.91 bits per heavy atom. The lowest BCUT2D eigenvalue weighted by molar-refractivity contribution is -0.146. The van der Waals surface area contributed by atoms with Crippen LogP contribution in [0.4, 0.5) is 0 Å². The monoisotopic (exact) mass is 801 g/mol. The number of carbonyl (C=O) groups is 6. The molecule has 0 fully saturated rings. The number of carbonyl (C=O) groups excluding carboxylic acids is 5. The third-order valence-corrected chi connectivity index (χ3v) is 11.2. The van der Waals surface area contributed by atoms with Crippen LogP contribution >= 0.6 is 11.8 Å². The molecule has 0 spiro atoms. The maximum atomic E-state index is 14.5. The fraction of sp³-hybridized carbons (Fsp3) is 0.289. The van der Waals surface area contributed by atoms with E-state index in [4.69, 9.17) is 0 Å². The van der Waals surface area contributed by atoms with Crippen molar-refractivity contribution in [3.63, 3.8) is 0 Å². The largest absolute Gasteiger partial charge is 0.480 e. The lowest BCUT2D eigenvalue weighted by Crippen LogP contribution is -2.58. The Labute approximate surface area is 341 Å². The number of carboxylic acids is 1. The van der Waals surface area contributed by atoms with Crippen molar-refractivity contribution in [2.75, 3.05) is 6.54 Å². The number of amides is 5. The van der Waals surface area contributed by atoms with Gasteiger partial charge in [-0.25, -0.2) is 0 Å². The first-order valence-corrected chi connectivity index (χ1v) is 20.3. The third-order valence-electron chi connectivity index (χ3n) is 10.1. The molecule has 58 heavy (non-hydrogen) atoms. The lowest BCUT2D eigenvalue weighted by Gasteiger charge is -2.29. The Balaban J connectivity index is 1.35. The van der Waals surface area contributed by atoms with Crippen LogP contribution in [0.3, 0.4) is 0 Å². The van der Waals surface area contributed by atoms with E-state index in [0.29, 0.717) is 12.0 Å². The second-order valence-corrected chi connectivity index (χ2v) is 15.7. The molecule has 3 aliphatic heterocycles. The normalized spacial score (nSPS) is 21.0. The van der Waals surface area contributed by atoms with Crippen LogP contribution in [0.2, 0.25) is 0 Å². The average Bonchev–Trinajstić information content (AvgIpc) is 3.75. The maximum absolute atomic E-state index is 14.5. The van der Waals surface area contributed by atoms with E-state index in [2.05, 4.69) is 21.3 Å². The molecule has 5 amide bonds. The SMILES string of the molecule is O=C(O)CN1Cc2ccc(cc2)CNC(=O)CCC(=O)N[C@H](CC2CC=CS2)C(=O)N[C@@H](Cc2ccc(-c3ccccc3)cc2)C(=O)N[C@H](Cc2ccccc2)C1=O. The molecule has 3 aliphatic rings. The minimum atomic E-state index is -1.23. The van der Waals surface area contributed by atoms with Crippen molar-refractivity contribution < 1.29 is 33.9 Å². The Kier molecular flexibility index (Phi) is 14.5. The number of aliphatic carboxylic acids is 1. The van der Waals surface area contributed by atoms with Gasteiger partial charge in [-0.1, -0.05) is 115 Å². The van der Waals surface area contributed by atoms with E-state index in [0.717, 1.165) is 27.8 Å². The number of hydrogen-bond donors (Lipinski definition) is 5. The zero-order chi connectivity index (χ0) is 40.9. The molecule has 0 aromatic heterocycles. The summed E-state index contributed by atoms with van der Waals surface area (Å²) in [6.45, 7) is -0.492. The number of fused-ring (bicyclic) bond motifs is 18. The summed E-state index contributed by atoms with van der Waals surface area (Å²) in [6.07, 6.45) is 2.82. The van der Waals surface area contributed by atoms with Crippen molar-refractivity contribution in [3.8, 4) is 11.1 Å². The van der Waals surface area contributed by atoms with E-state index < -0.39 is 54.3 Å². The van der Waals surface area contributed by atoms with Crippen molar-refractivity contribution in [1.29, 1.82) is 0 Å². The molecule has 5 N–H and O–H groups in total. The van der Waals surface area contributed by atoms with Crippen molar-refractivity contribution in [1.82, 2.24) is 26.2 Å². The molecule has 0 aliphatic carbocycles. The molecule has 3 heterocycles. The molecule has 13 heteroatoms. The highest BCUT2D eigenvalue weighted by Crippen LogP contribution is 2.28. The summed E-state index contributed by atoms with van der Waals surface area (Å²) >= 11 is 1.55. The average molecular weight is 802 g/mol. The van der Waals surface area contributed by atoms with E-state index in [9.17, 15) is 33.9 Å². The number of carboxylic acid groups (broad SMARTS) is 1. The van der Waals surface area contributed by atoms with Crippen LogP contribution in [0.5, 0.6) is 0 Å². The first-order chi connectivity index (χ1) is 28.1. The fourth-order valence-corrected chi connectivity index (χ4v) is 7.91. The lowest BCUT2D eigenvalue weighted by atomic mass is 9.99. The van der Waals surface area contributed by atoms with Gasteiger partial charge in [0.1, 0.15) is 24.7 Å². The maximum Gasteiger partial charge on any atom is 0.323 e. The van der Waals surface area contributed by atoms with Gasteiger partial charge in [-0.3, -0.25) is 28.8 Å². The number of benzene rings is 4. The Morgan fingerprint density at radius 2 is 1.24 bits per heavy atom. The number of thioether (sulfide) groups is 1. The van der Waals surface area contributed by atoms with Gasteiger partial charge in [0.15, 0.2) is 0 Å². The number of nitrogens with one attached hydrogen (secondary N) is 4. The molecular formula is C45H47N5O7S. The van der Waals surface area contributed by atoms with E-state index in [1.807, 2.05) is 96.4 Å². The molecule has 7 rings (SSSR count). The van der Waals surface area contributed by atoms with Crippen LogP contribution in [0, 0.1) is 0 Å². The smallest absolute Gasteiger partial charge is 0.323 e. The van der Waals surface area contributed by atoms with E-state index in [-0.39, 0.29) is 56.4 Å². The number of allylic oxidation sites excluding steroid dienone is 1. The van der Waals surface area contributed by atoms with E-state index >= 15 is 0 Å². The highest BCUT2D eigenvalue weighted by atomic mass is 32.2. The van der Waals surface area contributed by atoms with Crippen LogP contribution in [0.25, 0.3) is 11.1 Å². The molecule has 0 radical (unpaired) electrons. The van der Waals surface area contributed by atoms with E-state index in [1.165, 1.54) is 4.90 Å². The summed E-state index contributed by atoms with van der Waals surface area (Å²) in [5, 5.41) is 23.3. The van der Waals surface area contributed by atoms with Crippen molar-refractivity contribution in [3.05, 3.63) is 143 Å². The van der Waals surface area contributed by atoms with Gasteiger partial charge in [-0.15, -0.1) is 11.8 Å². The Bertz CT molecular complexity index is 2090. The van der Waals surface area contributed by atoms with Gasteiger partial charge in [-0.05, 0) is 51.6 Å². The van der Waals surface area contributed by atoms with Crippen molar-refractivity contribution in [2.24, 2.45) is 0 Å². The summed E-state index contributed by atoms with van der Waals surface area (Å²) in [4.78, 5) is 82.5. The molecule has 4 aromatic rings. The van der Waals surface area contributed by atoms with Crippen LogP contribution < -0.4 is 21.3 Å². The molecule has 0 saturated carbocycles. The predicted octanol–water partition coefficient (Wildman–Crippen LogP) is 4.53. The summed E-state index contributed by atoms with van der Waals surface area (Å²) < 4.78 is 0. The van der Waals surface area contributed by atoms with Crippen LogP contribution in [-0.4, -0.2) is 75.4 Å². The standard InChI is InChI=1S/C45H47N5O7S/c51-40-21-22-41(52)47-38(26-36-12-7-23-58-36)44(56)48-37(24-31-17-19-35(20-18-31)34-10-5-2-6-11-34)43(55)49-39(25-30-8-3-1-4-9-30)45(57)50(29-42(53)54)28-33-15-13-32(14-16-33)27-46-40/h1-11,13-20,23,36-39H,12,21-22,24-29H2,(H,46,51)(H,47,52)(H,48,56)(H,49,55)(H,53,54)/t36?,37-,38+,39+/m0/s1. The Morgan fingerprint density at radius 1 is 0.655 bits per heavy atom. The quantitative estimate of drug-likeness (QED) is 0.154. The van der Waals surface area contributed by atoms with Gasteiger partial charge in [0.25, 0.3) is 0 Å². The fourth-order valence-electron chi connectivity index (χ4n) is 6.94. The minimum Gasteiger partial charge on any atom is -0.480 e. The van der Waals surface area contributed by atoms with Gasteiger partial charge in [0.2, 0.25) is 29.5 Å². The molecule has 1 unspecified atom stereocenters. The first-order valence-electron chi connectivity index (χ1n) is 19.3. The number of hydrogen-bond acceptors (Lipinski definition) is 7. The number of rotatable bonds is 9. The summed E-state index contributed by atoms with van der Waals surface area (Å²) in [5.74, 6) is -3.91. The van der Waals surface area contributed by atoms with Crippen LogP contribution in [-0.2, 0) is 54.7 Å². The Hall–Kier alpha value is -6.21. The topological polar surface area (TPSA) is 174 Å². The van der Waals surface area contributed by atoms with Gasteiger partial charge in [0, 0.05) is 44.0 Å². The zero-order valence-corrected chi connectivity index (χ0v) is 32.8. The molecule has 12 nitrogen and oxygen atoms in total. The first kappa shape index (κ1) is 41.4.